The summed E-state index contributed by atoms with van der Waals surface area (Å²) in [4.78, 5) is 2.49. The van der Waals surface area contributed by atoms with Crippen molar-refractivity contribution in [2.75, 3.05) is 26.2 Å². The maximum Gasteiger partial charge on any atom is 0.138 e. The molecule has 0 atom stereocenters. The molecule has 0 unspecified atom stereocenters. The highest BCUT2D eigenvalue weighted by molar-refractivity contribution is 6.32. The van der Waals surface area contributed by atoms with E-state index in [2.05, 4.69) is 10.2 Å². The van der Waals surface area contributed by atoms with E-state index in [1.165, 1.54) is 32.0 Å². The third kappa shape index (κ3) is 5.43. The molecular formula is C20H24ClFN2O. The zero-order valence-electron chi connectivity index (χ0n) is 14.3. The summed E-state index contributed by atoms with van der Waals surface area (Å²) in [6.07, 6.45) is 2.65. The van der Waals surface area contributed by atoms with Gasteiger partial charge < -0.3 is 15.0 Å². The molecule has 0 aliphatic carbocycles. The van der Waals surface area contributed by atoms with Crippen molar-refractivity contribution in [3.05, 3.63) is 64.4 Å². The molecule has 1 aliphatic rings. The monoisotopic (exact) mass is 362 g/mol. The van der Waals surface area contributed by atoms with E-state index >= 15 is 0 Å². The number of hydrogen-bond acceptors (Lipinski definition) is 3. The molecule has 3 nitrogen and oxygen atoms in total. The molecule has 0 bridgehead atoms. The number of hydrogen-bond donors (Lipinski definition) is 1. The Bertz CT molecular complexity index is 689. The van der Waals surface area contributed by atoms with Crippen LogP contribution in [0.4, 0.5) is 4.39 Å². The predicted octanol–water partition coefficient (Wildman–Crippen LogP) is 4.24. The molecule has 0 saturated carbocycles. The van der Waals surface area contributed by atoms with Gasteiger partial charge in [0, 0.05) is 25.2 Å². The Morgan fingerprint density at radius 3 is 2.68 bits per heavy atom. The van der Waals surface area contributed by atoms with E-state index in [4.69, 9.17) is 16.3 Å². The van der Waals surface area contributed by atoms with Gasteiger partial charge >= 0.3 is 0 Å². The lowest BCUT2D eigenvalue weighted by Crippen LogP contribution is -2.29. The van der Waals surface area contributed by atoms with Crippen LogP contribution in [0.1, 0.15) is 24.0 Å². The van der Waals surface area contributed by atoms with E-state index in [0.29, 0.717) is 16.3 Å². The van der Waals surface area contributed by atoms with Gasteiger partial charge in [-0.25, -0.2) is 4.39 Å². The minimum Gasteiger partial charge on any atom is -0.487 e. The first-order valence-electron chi connectivity index (χ1n) is 8.80. The lowest BCUT2D eigenvalue weighted by atomic mass is 10.2. The fraction of sp³-hybridized carbons (Fsp3) is 0.400. The summed E-state index contributed by atoms with van der Waals surface area (Å²) in [5.74, 6) is 0.309. The predicted molar refractivity (Wildman–Crippen MR) is 99.6 cm³/mol. The van der Waals surface area contributed by atoms with Gasteiger partial charge in [0.1, 0.15) is 18.2 Å². The highest BCUT2D eigenvalue weighted by Gasteiger charge is 2.10. The molecule has 0 radical (unpaired) electrons. The van der Waals surface area contributed by atoms with Crippen molar-refractivity contribution in [2.24, 2.45) is 0 Å². The standard InChI is InChI=1S/C20H24ClFN2O/c21-18-13-16(14-23-9-12-24-10-3-4-11-24)7-8-20(18)25-15-17-5-1-2-6-19(17)22/h1-2,5-8,13,23H,3-4,9-12,14-15H2. The summed E-state index contributed by atoms with van der Waals surface area (Å²) in [6, 6.07) is 12.3. The van der Waals surface area contributed by atoms with Crippen molar-refractivity contribution in [3.63, 3.8) is 0 Å². The number of likely N-dealkylation sites (tertiary alicyclic amines) is 1. The lowest BCUT2D eigenvalue weighted by Gasteiger charge is -2.15. The molecule has 0 amide bonds. The summed E-state index contributed by atoms with van der Waals surface area (Å²) in [5.41, 5.74) is 1.64. The van der Waals surface area contributed by atoms with Crippen LogP contribution in [0.15, 0.2) is 42.5 Å². The molecule has 1 aliphatic heterocycles. The zero-order valence-corrected chi connectivity index (χ0v) is 15.1. The first-order valence-corrected chi connectivity index (χ1v) is 9.18. The van der Waals surface area contributed by atoms with E-state index < -0.39 is 0 Å². The second-order valence-electron chi connectivity index (χ2n) is 6.37. The summed E-state index contributed by atoms with van der Waals surface area (Å²) in [5, 5.41) is 4.00. The molecule has 0 aromatic heterocycles. The number of nitrogens with one attached hydrogen (secondary N) is 1. The largest absolute Gasteiger partial charge is 0.487 e. The van der Waals surface area contributed by atoms with Crippen LogP contribution in [0.5, 0.6) is 5.75 Å². The van der Waals surface area contributed by atoms with E-state index in [1.54, 1.807) is 18.2 Å². The normalized spacial score (nSPS) is 14.8. The number of benzene rings is 2. The summed E-state index contributed by atoms with van der Waals surface area (Å²) in [6.45, 7) is 5.46. The highest BCUT2D eigenvalue weighted by Crippen LogP contribution is 2.26. The van der Waals surface area contributed by atoms with Crippen LogP contribution in [-0.2, 0) is 13.2 Å². The SMILES string of the molecule is Fc1ccccc1COc1ccc(CNCCN2CCCC2)cc1Cl. The van der Waals surface area contributed by atoms with Crippen LogP contribution < -0.4 is 10.1 Å². The van der Waals surface area contributed by atoms with Gasteiger partial charge in [0.2, 0.25) is 0 Å². The highest BCUT2D eigenvalue weighted by atomic mass is 35.5. The van der Waals surface area contributed by atoms with Crippen molar-refractivity contribution in [1.82, 2.24) is 10.2 Å². The van der Waals surface area contributed by atoms with Crippen LogP contribution >= 0.6 is 11.6 Å². The number of nitrogens with zero attached hydrogens (tertiary/aromatic N) is 1. The number of rotatable bonds is 8. The summed E-state index contributed by atoms with van der Waals surface area (Å²) >= 11 is 6.30. The molecule has 2 aromatic rings. The third-order valence-corrected chi connectivity index (χ3v) is 4.77. The number of halogens is 2. The number of ether oxygens (including phenoxy) is 1. The molecule has 1 saturated heterocycles. The van der Waals surface area contributed by atoms with Gasteiger partial charge in [-0.1, -0.05) is 35.9 Å². The molecule has 1 fully saturated rings. The molecule has 1 N–H and O–H groups in total. The third-order valence-electron chi connectivity index (χ3n) is 4.47. The Balaban J connectivity index is 1.46. The van der Waals surface area contributed by atoms with Gasteiger partial charge in [0.15, 0.2) is 0 Å². The molecule has 25 heavy (non-hydrogen) atoms. The molecular weight excluding hydrogens is 339 g/mol. The van der Waals surface area contributed by atoms with Crippen molar-refractivity contribution >= 4 is 11.6 Å². The van der Waals surface area contributed by atoms with Crippen LogP contribution in [0.2, 0.25) is 5.02 Å². The van der Waals surface area contributed by atoms with Crippen LogP contribution in [0, 0.1) is 5.82 Å². The lowest BCUT2D eigenvalue weighted by molar-refractivity contribution is 0.300. The first kappa shape index (κ1) is 18.2. The van der Waals surface area contributed by atoms with E-state index in [1.807, 2.05) is 18.2 Å². The Morgan fingerprint density at radius 1 is 1.12 bits per heavy atom. The Morgan fingerprint density at radius 2 is 1.92 bits per heavy atom. The average molecular weight is 363 g/mol. The Hall–Kier alpha value is -1.62. The summed E-state index contributed by atoms with van der Waals surface area (Å²) < 4.78 is 19.3. The van der Waals surface area contributed by atoms with Gasteiger partial charge in [0.05, 0.1) is 5.02 Å². The topological polar surface area (TPSA) is 24.5 Å². The van der Waals surface area contributed by atoms with Gasteiger partial charge in [0.25, 0.3) is 0 Å². The van der Waals surface area contributed by atoms with E-state index in [-0.39, 0.29) is 12.4 Å². The molecule has 1 heterocycles. The van der Waals surface area contributed by atoms with Crippen molar-refractivity contribution in [1.29, 1.82) is 0 Å². The molecule has 2 aromatic carbocycles. The van der Waals surface area contributed by atoms with Crippen molar-refractivity contribution in [3.8, 4) is 5.75 Å². The van der Waals surface area contributed by atoms with Crippen LogP contribution in [0.25, 0.3) is 0 Å². The van der Waals surface area contributed by atoms with Crippen LogP contribution in [-0.4, -0.2) is 31.1 Å². The van der Waals surface area contributed by atoms with Gasteiger partial charge in [-0.2, -0.15) is 0 Å². The van der Waals surface area contributed by atoms with Crippen molar-refractivity contribution in [2.45, 2.75) is 26.0 Å². The van der Waals surface area contributed by atoms with Crippen LogP contribution in [0.3, 0.4) is 0 Å². The van der Waals surface area contributed by atoms with Gasteiger partial charge in [-0.15, -0.1) is 0 Å². The summed E-state index contributed by atoms with van der Waals surface area (Å²) in [7, 11) is 0. The maximum atomic E-state index is 13.6. The second kappa shape index (κ2) is 9.18. The smallest absolute Gasteiger partial charge is 0.138 e. The Kier molecular flexibility index (Phi) is 6.68. The van der Waals surface area contributed by atoms with Gasteiger partial charge in [-0.3, -0.25) is 0 Å². The van der Waals surface area contributed by atoms with Gasteiger partial charge in [-0.05, 0) is 49.7 Å². The quantitative estimate of drug-likeness (QED) is 0.711. The molecule has 0 spiro atoms. The maximum absolute atomic E-state index is 13.6. The zero-order chi connectivity index (χ0) is 17.5. The molecule has 5 heteroatoms. The minimum absolute atomic E-state index is 0.166. The first-order chi connectivity index (χ1) is 12.2. The average Bonchev–Trinajstić information content (AvgIpc) is 3.13. The molecule has 134 valence electrons. The van der Waals surface area contributed by atoms with Crippen molar-refractivity contribution < 1.29 is 9.13 Å². The molecule has 3 rings (SSSR count). The Labute approximate surface area is 153 Å². The van der Waals surface area contributed by atoms with E-state index in [9.17, 15) is 4.39 Å². The minimum atomic E-state index is -0.266. The second-order valence-corrected chi connectivity index (χ2v) is 6.78. The van der Waals surface area contributed by atoms with E-state index in [0.717, 1.165) is 25.2 Å². The fourth-order valence-electron chi connectivity index (χ4n) is 3.02. The fourth-order valence-corrected chi connectivity index (χ4v) is 3.28.